The van der Waals surface area contributed by atoms with Gasteiger partial charge in [0.15, 0.2) is 0 Å². The Hall–Kier alpha value is -0.800. The highest BCUT2D eigenvalue weighted by Gasteiger charge is 2.19. The minimum absolute atomic E-state index is 0.439. The molecule has 2 rings (SSSR count). The van der Waals surface area contributed by atoms with E-state index >= 15 is 0 Å². The van der Waals surface area contributed by atoms with Crippen molar-refractivity contribution < 1.29 is 0 Å². The van der Waals surface area contributed by atoms with E-state index in [1.54, 1.807) is 0 Å². The van der Waals surface area contributed by atoms with Gasteiger partial charge >= 0.3 is 0 Å². The lowest BCUT2D eigenvalue weighted by atomic mass is 10.1. The molecule has 118 valence electrons. The fourth-order valence-corrected chi connectivity index (χ4v) is 2.96. The summed E-state index contributed by atoms with van der Waals surface area (Å²) >= 11 is 6.04. The van der Waals surface area contributed by atoms with Crippen LogP contribution in [-0.4, -0.2) is 42.6 Å². The minimum Gasteiger partial charge on any atom is -0.354 e. The van der Waals surface area contributed by atoms with Crippen LogP contribution in [-0.2, 0) is 5.88 Å². The van der Waals surface area contributed by atoms with Gasteiger partial charge in [0, 0.05) is 44.3 Å². The number of rotatable bonds is 5. The number of pyridine rings is 1. The van der Waals surface area contributed by atoms with Crippen LogP contribution in [0.2, 0.25) is 0 Å². The lowest BCUT2D eigenvalue weighted by molar-refractivity contribution is 0.231. The van der Waals surface area contributed by atoms with E-state index in [0.29, 0.717) is 11.8 Å². The van der Waals surface area contributed by atoms with E-state index in [0.717, 1.165) is 43.6 Å². The van der Waals surface area contributed by atoms with Gasteiger partial charge in [0.2, 0.25) is 0 Å². The summed E-state index contributed by atoms with van der Waals surface area (Å²) in [5.74, 6) is 2.83. The predicted octanol–water partition coefficient (Wildman–Crippen LogP) is 3.72. The third-order valence-corrected chi connectivity index (χ3v) is 4.27. The third-order valence-electron chi connectivity index (χ3n) is 3.96. The van der Waals surface area contributed by atoms with Crippen molar-refractivity contribution in [1.29, 1.82) is 0 Å². The second kappa shape index (κ2) is 7.46. The van der Waals surface area contributed by atoms with Crippen LogP contribution in [0.3, 0.4) is 0 Å². The number of hydrogen-bond acceptors (Lipinski definition) is 3. The summed E-state index contributed by atoms with van der Waals surface area (Å²) in [5.41, 5.74) is 2.32. The molecular weight excluding hydrogens is 282 g/mol. The summed E-state index contributed by atoms with van der Waals surface area (Å²) in [6, 6.07) is 4.28. The number of nitrogens with zero attached hydrogens (tertiary/aromatic N) is 3. The molecule has 0 amide bonds. The second-order valence-corrected chi connectivity index (χ2v) is 7.00. The van der Waals surface area contributed by atoms with E-state index in [1.165, 1.54) is 12.1 Å². The molecule has 4 heteroatoms. The SMILES string of the molecule is CC(C)CN1CCN(c2cc(CCl)cc(C(C)C)n2)CC1. The van der Waals surface area contributed by atoms with Gasteiger partial charge in [-0.1, -0.05) is 27.7 Å². The molecule has 0 unspecified atom stereocenters. The normalized spacial score (nSPS) is 17.0. The van der Waals surface area contributed by atoms with Gasteiger partial charge in [-0.05, 0) is 29.5 Å². The molecule has 2 heterocycles. The second-order valence-electron chi connectivity index (χ2n) is 6.73. The zero-order valence-electron chi connectivity index (χ0n) is 13.8. The molecule has 0 aliphatic carbocycles. The van der Waals surface area contributed by atoms with Crippen LogP contribution in [0.1, 0.15) is 44.9 Å². The van der Waals surface area contributed by atoms with Gasteiger partial charge in [0.1, 0.15) is 5.82 Å². The maximum Gasteiger partial charge on any atom is 0.129 e. The Morgan fingerprint density at radius 3 is 2.29 bits per heavy atom. The maximum absolute atomic E-state index is 6.04. The van der Waals surface area contributed by atoms with Crippen LogP contribution in [0.4, 0.5) is 5.82 Å². The Morgan fingerprint density at radius 1 is 1.10 bits per heavy atom. The zero-order valence-corrected chi connectivity index (χ0v) is 14.5. The van der Waals surface area contributed by atoms with E-state index in [2.05, 4.69) is 49.6 Å². The van der Waals surface area contributed by atoms with Crippen molar-refractivity contribution >= 4 is 17.4 Å². The van der Waals surface area contributed by atoms with Crippen LogP contribution in [0.15, 0.2) is 12.1 Å². The van der Waals surface area contributed by atoms with E-state index in [-0.39, 0.29) is 0 Å². The van der Waals surface area contributed by atoms with Crippen molar-refractivity contribution in [3.05, 3.63) is 23.4 Å². The first-order valence-electron chi connectivity index (χ1n) is 8.03. The molecule has 0 radical (unpaired) electrons. The third kappa shape index (κ3) is 4.58. The van der Waals surface area contributed by atoms with Crippen LogP contribution in [0, 0.1) is 5.92 Å². The van der Waals surface area contributed by atoms with Crippen LogP contribution < -0.4 is 4.90 Å². The molecule has 0 bridgehead atoms. The molecule has 3 nitrogen and oxygen atoms in total. The molecule has 0 aromatic carbocycles. The fraction of sp³-hybridized carbons (Fsp3) is 0.706. The van der Waals surface area contributed by atoms with Gasteiger partial charge in [-0.3, -0.25) is 4.90 Å². The highest BCUT2D eigenvalue weighted by atomic mass is 35.5. The molecule has 0 N–H and O–H groups in total. The number of alkyl halides is 1. The topological polar surface area (TPSA) is 19.4 Å². The van der Waals surface area contributed by atoms with Gasteiger partial charge < -0.3 is 4.90 Å². The van der Waals surface area contributed by atoms with Crippen LogP contribution in [0.5, 0.6) is 0 Å². The molecule has 1 aliphatic heterocycles. The molecule has 21 heavy (non-hydrogen) atoms. The molecule has 1 saturated heterocycles. The Kier molecular flexibility index (Phi) is 5.88. The predicted molar refractivity (Wildman–Crippen MR) is 91.4 cm³/mol. The van der Waals surface area contributed by atoms with E-state index < -0.39 is 0 Å². The molecule has 1 fully saturated rings. The minimum atomic E-state index is 0.439. The van der Waals surface area contributed by atoms with Crippen molar-refractivity contribution in [1.82, 2.24) is 9.88 Å². The van der Waals surface area contributed by atoms with Crippen molar-refractivity contribution in [3.8, 4) is 0 Å². The molecule has 0 spiro atoms. The van der Waals surface area contributed by atoms with Crippen molar-refractivity contribution in [2.24, 2.45) is 5.92 Å². The maximum atomic E-state index is 6.04. The largest absolute Gasteiger partial charge is 0.354 e. The molecule has 1 aliphatic rings. The van der Waals surface area contributed by atoms with Gasteiger partial charge in [-0.2, -0.15) is 0 Å². The van der Waals surface area contributed by atoms with Crippen LogP contribution in [0.25, 0.3) is 0 Å². The Morgan fingerprint density at radius 2 is 1.76 bits per heavy atom. The Labute approximate surface area is 134 Å². The Bertz CT molecular complexity index is 451. The number of hydrogen-bond donors (Lipinski definition) is 0. The summed E-state index contributed by atoms with van der Waals surface area (Å²) in [6.45, 7) is 14.5. The number of anilines is 1. The van der Waals surface area contributed by atoms with E-state index in [4.69, 9.17) is 16.6 Å². The highest BCUT2D eigenvalue weighted by Crippen LogP contribution is 2.22. The summed E-state index contributed by atoms with van der Waals surface area (Å²) in [6.07, 6.45) is 0. The molecular formula is C17H28ClN3. The zero-order chi connectivity index (χ0) is 15.4. The van der Waals surface area contributed by atoms with Crippen molar-refractivity contribution in [3.63, 3.8) is 0 Å². The molecule has 0 atom stereocenters. The Balaban J connectivity index is 2.07. The average molecular weight is 310 g/mol. The quantitative estimate of drug-likeness (QED) is 0.773. The first-order valence-corrected chi connectivity index (χ1v) is 8.57. The highest BCUT2D eigenvalue weighted by molar-refractivity contribution is 6.17. The number of halogens is 1. The van der Waals surface area contributed by atoms with Crippen molar-refractivity contribution in [2.75, 3.05) is 37.6 Å². The molecule has 0 saturated carbocycles. The average Bonchev–Trinajstić information content (AvgIpc) is 2.46. The first kappa shape index (κ1) is 16.6. The summed E-state index contributed by atoms with van der Waals surface area (Å²) in [5, 5.41) is 0. The van der Waals surface area contributed by atoms with Gasteiger partial charge in [-0.15, -0.1) is 11.6 Å². The van der Waals surface area contributed by atoms with Crippen molar-refractivity contribution in [2.45, 2.75) is 39.5 Å². The standard InChI is InChI=1S/C17H28ClN3/c1-13(2)12-20-5-7-21(8-6-20)17-10-15(11-18)9-16(19-17)14(3)4/h9-10,13-14H,5-8,11-12H2,1-4H3. The molecule has 1 aromatic heterocycles. The lowest BCUT2D eigenvalue weighted by Gasteiger charge is -2.36. The van der Waals surface area contributed by atoms with E-state index in [9.17, 15) is 0 Å². The van der Waals surface area contributed by atoms with E-state index in [1.807, 2.05) is 0 Å². The first-order chi connectivity index (χ1) is 9.99. The summed E-state index contributed by atoms with van der Waals surface area (Å²) in [4.78, 5) is 9.79. The summed E-state index contributed by atoms with van der Waals surface area (Å²) < 4.78 is 0. The number of piperazine rings is 1. The summed E-state index contributed by atoms with van der Waals surface area (Å²) in [7, 11) is 0. The molecule has 1 aromatic rings. The fourth-order valence-electron chi connectivity index (χ4n) is 2.81. The monoisotopic (exact) mass is 309 g/mol. The smallest absolute Gasteiger partial charge is 0.129 e. The van der Waals surface area contributed by atoms with Gasteiger partial charge in [-0.25, -0.2) is 4.98 Å². The van der Waals surface area contributed by atoms with Gasteiger partial charge in [0.05, 0.1) is 0 Å². The number of aromatic nitrogens is 1. The van der Waals surface area contributed by atoms with Crippen LogP contribution >= 0.6 is 11.6 Å². The van der Waals surface area contributed by atoms with Gasteiger partial charge in [0.25, 0.3) is 0 Å². The lowest BCUT2D eigenvalue weighted by Crippen LogP contribution is -2.47.